The van der Waals surface area contributed by atoms with E-state index < -0.39 is 0 Å². The molecule has 1 aromatic heterocycles. The van der Waals surface area contributed by atoms with E-state index >= 15 is 0 Å². The van der Waals surface area contributed by atoms with E-state index in [0.717, 1.165) is 11.4 Å². The Kier molecular flexibility index (Phi) is 3.44. The van der Waals surface area contributed by atoms with Crippen LogP contribution in [0, 0.1) is 11.3 Å². The molecule has 0 spiro atoms. The highest BCUT2D eigenvalue weighted by Gasteiger charge is 2.09. The van der Waals surface area contributed by atoms with Crippen molar-refractivity contribution >= 4 is 5.82 Å². The monoisotopic (exact) mass is 243 g/mol. The topological polar surface area (TPSA) is 75.8 Å². The molecule has 0 fully saturated rings. The van der Waals surface area contributed by atoms with E-state index in [1.54, 1.807) is 7.05 Å². The Balaban J connectivity index is 2.31. The van der Waals surface area contributed by atoms with E-state index in [1.807, 2.05) is 37.3 Å². The molecule has 0 saturated carbocycles. The van der Waals surface area contributed by atoms with Gasteiger partial charge in [0.05, 0.1) is 12.3 Å². The van der Waals surface area contributed by atoms with Crippen LogP contribution in [0.3, 0.4) is 0 Å². The van der Waals surface area contributed by atoms with Crippen LogP contribution in [0.25, 0.3) is 5.69 Å². The van der Waals surface area contributed by atoms with Gasteiger partial charge in [-0.15, -0.1) is 15.0 Å². The predicted octanol–water partition coefficient (Wildman–Crippen LogP) is 1.58. The highest BCUT2D eigenvalue weighted by atomic mass is 16.5. The van der Waals surface area contributed by atoms with Crippen molar-refractivity contribution in [1.29, 1.82) is 5.26 Å². The van der Waals surface area contributed by atoms with Crippen molar-refractivity contribution in [2.75, 3.05) is 19.0 Å². The molecular weight excluding hydrogens is 230 g/mol. The summed E-state index contributed by atoms with van der Waals surface area (Å²) in [5.41, 5.74) is 1.04. The number of rotatable bonds is 4. The third-order valence-corrected chi connectivity index (χ3v) is 2.34. The summed E-state index contributed by atoms with van der Waals surface area (Å²) in [6, 6.07) is 9.35. The highest BCUT2D eigenvalue weighted by Crippen LogP contribution is 2.16. The molecule has 18 heavy (non-hydrogen) atoms. The smallest absolute Gasteiger partial charge is 0.207 e. The number of ether oxygens (including phenoxy) is 1. The fraction of sp³-hybridized carbons (Fsp3) is 0.250. The Morgan fingerprint density at radius 2 is 2.06 bits per heavy atom. The molecule has 0 radical (unpaired) electrons. The molecule has 6 heteroatoms. The number of anilines is 1. The first-order chi connectivity index (χ1) is 8.78. The van der Waals surface area contributed by atoms with Crippen LogP contribution in [0.4, 0.5) is 5.82 Å². The molecule has 6 nitrogen and oxygen atoms in total. The Morgan fingerprint density at radius 3 is 2.56 bits per heavy atom. The minimum Gasteiger partial charge on any atom is -0.494 e. The number of nitriles is 1. The van der Waals surface area contributed by atoms with Crippen molar-refractivity contribution in [3.63, 3.8) is 0 Å². The SMILES string of the molecule is CCOc1ccc(-n2nc(C#N)c(NC)n2)cc1. The summed E-state index contributed by atoms with van der Waals surface area (Å²) in [5.74, 6) is 1.26. The number of aromatic nitrogens is 3. The first-order valence-electron chi connectivity index (χ1n) is 5.57. The van der Waals surface area contributed by atoms with E-state index in [0.29, 0.717) is 12.4 Å². The Morgan fingerprint density at radius 1 is 1.33 bits per heavy atom. The second-order valence-corrected chi connectivity index (χ2v) is 3.48. The molecule has 0 aliphatic heterocycles. The summed E-state index contributed by atoms with van der Waals surface area (Å²) in [4.78, 5) is 1.42. The number of benzene rings is 1. The van der Waals surface area contributed by atoms with E-state index in [2.05, 4.69) is 15.5 Å². The Labute approximate surface area is 105 Å². The molecule has 1 heterocycles. The molecule has 2 rings (SSSR count). The minimum atomic E-state index is 0.270. The number of nitrogens with one attached hydrogen (secondary N) is 1. The zero-order valence-electron chi connectivity index (χ0n) is 10.2. The third kappa shape index (κ3) is 2.25. The zero-order valence-corrected chi connectivity index (χ0v) is 10.2. The fourth-order valence-corrected chi connectivity index (χ4v) is 1.51. The molecule has 0 bridgehead atoms. The van der Waals surface area contributed by atoms with E-state index in [4.69, 9.17) is 10.00 Å². The molecule has 0 atom stereocenters. The normalized spacial score (nSPS) is 9.83. The van der Waals surface area contributed by atoms with Crippen LogP contribution >= 0.6 is 0 Å². The summed E-state index contributed by atoms with van der Waals surface area (Å²) in [6.07, 6.45) is 0. The van der Waals surface area contributed by atoms with Crippen molar-refractivity contribution in [2.45, 2.75) is 6.92 Å². The van der Waals surface area contributed by atoms with Crippen LogP contribution in [0.15, 0.2) is 24.3 Å². The van der Waals surface area contributed by atoms with Gasteiger partial charge < -0.3 is 10.1 Å². The maximum atomic E-state index is 8.90. The zero-order chi connectivity index (χ0) is 13.0. The van der Waals surface area contributed by atoms with Crippen LogP contribution in [-0.2, 0) is 0 Å². The average molecular weight is 243 g/mol. The first kappa shape index (κ1) is 11.9. The van der Waals surface area contributed by atoms with Crippen LogP contribution in [0.1, 0.15) is 12.6 Å². The minimum absolute atomic E-state index is 0.270. The lowest BCUT2D eigenvalue weighted by Gasteiger charge is -2.03. The van der Waals surface area contributed by atoms with E-state index in [9.17, 15) is 0 Å². The molecule has 1 aromatic carbocycles. The summed E-state index contributed by atoms with van der Waals surface area (Å²) in [7, 11) is 1.70. The van der Waals surface area contributed by atoms with Gasteiger partial charge in [0, 0.05) is 7.05 Å². The second kappa shape index (κ2) is 5.19. The maximum Gasteiger partial charge on any atom is 0.207 e. The lowest BCUT2D eigenvalue weighted by atomic mass is 10.3. The van der Waals surface area contributed by atoms with Gasteiger partial charge in [-0.05, 0) is 31.2 Å². The summed E-state index contributed by atoms with van der Waals surface area (Å²) in [6.45, 7) is 2.56. The van der Waals surface area contributed by atoms with Crippen molar-refractivity contribution < 1.29 is 4.74 Å². The van der Waals surface area contributed by atoms with Gasteiger partial charge in [0.1, 0.15) is 11.8 Å². The van der Waals surface area contributed by atoms with Crippen LogP contribution in [0.2, 0.25) is 0 Å². The van der Waals surface area contributed by atoms with Gasteiger partial charge in [0.25, 0.3) is 0 Å². The van der Waals surface area contributed by atoms with Crippen LogP contribution in [-0.4, -0.2) is 28.6 Å². The van der Waals surface area contributed by atoms with Gasteiger partial charge >= 0.3 is 0 Å². The van der Waals surface area contributed by atoms with Crippen molar-refractivity contribution in [1.82, 2.24) is 15.0 Å². The fourth-order valence-electron chi connectivity index (χ4n) is 1.51. The van der Waals surface area contributed by atoms with Gasteiger partial charge in [-0.25, -0.2) is 0 Å². The second-order valence-electron chi connectivity index (χ2n) is 3.48. The summed E-state index contributed by atoms with van der Waals surface area (Å²) in [5, 5.41) is 20.0. The maximum absolute atomic E-state index is 8.90. The average Bonchev–Trinajstić information content (AvgIpc) is 2.83. The van der Waals surface area contributed by atoms with Crippen molar-refractivity contribution in [2.24, 2.45) is 0 Å². The number of hydrogen-bond donors (Lipinski definition) is 1. The van der Waals surface area contributed by atoms with Crippen molar-refractivity contribution in [3.05, 3.63) is 30.0 Å². The van der Waals surface area contributed by atoms with Gasteiger partial charge in [-0.3, -0.25) is 0 Å². The summed E-state index contributed by atoms with van der Waals surface area (Å²) < 4.78 is 5.35. The predicted molar refractivity (Wildman–Crippen MR) is 66.8 cm³/mol. The summed E-state index contributed by atoms with van der Waals surface area (Å²) >= 11 is 0. The lowest BCUT2D eigenvalue weighted by molar-refractivity contribution is 0.340. The van der Waals surface area contributed by atoms with E-state index in [1.165, 1.54) is 4.80 Å². The van der Waals surface area contributed by atoms with Crippen LogP contribution in [0.5, 0.6) is 5.75 Å². The van der Waals surface area contributed by atoms with Gasteiger partial charge in [-0.1, -0.05) is 0 Å². The highest BCUT2D eigenvalue weighted by molar-refractivity contribution is 5.47. The number of nitrogens with zero attached hydrogens (tertiary/aromatic N) is 4. The molecule has 0 saturated heterocycles. The molecule has 0 aliphatic carbocycles. The number of hydrogen-bond acceptors (Lipinski definition) is 5. The molecule has 0 aliphatic rings. The molecule has 0 unspecified atom stereocenters. The quantitative estimate of drug-likeness (QED) is 0.882. The van der Waals surface area contributed by atoms with Crippen LogP contribution < -0.4 is 10.1 Å². The first-order valence-corrected chi connectivity index (χ1v) is 5.57. The molecule has 0 amide bonds. The standard InChI is InChI=1S/C12H13N5O/c1-3-18-10-6-4-9(5-7-10)17-15-11(8-13)12(14-2)16-17/h4-7H,3H2,1-2H3,(H,14,16). The molecule has 92 valence electrons. The molecular formula is C12H13N5O. The van der Waals surface area contributed by atoms with Gasteiger partial charge in [0.2, 0.25) is 5.69 Å². The Hall–Kier alpha value is -2.55. The molecule has 2 aromatic rings. The van der Waals surface area contributed by atoms with E-state index in [-0.39, 0.29) is 5.69 Å². The van der Waals surface area contributed by atoms with Gasteiger partial charge in [0.15, 0.2) is 5.82 Å². The largest absolute Gasteiger partial charge is 0.494 e. The molecule has 1 N–H and O–H groups in total. The Bertz CT molecular complexity index is 567. The lowest BCUT2D eigenvalue weighted by Crippen LogP contribution is -2.00. The third-order valence-electron chi connectivity index (χ3n) is 2.34. The van der Waals surface area contributed by atoms with Gasteiger partial charge in [-0.2, -0.15) is 5.26 Å². The van der Waals surface area contributed by atoms with Crippen molar-refractivity contribution in [3.8, 4) is 17.5 Å².